The number of likely N-dealkylation sites (tertiary alicyclic amines) is 1. The van der Waals surface area contributed by atoms with Gasteiger partial charge in [0.05, 0.1) is 28.5 Å². The Hall–Kier alpha value is -3.78. The average molecular weight is 642 g/mol. The van der Waals surface area contributed by atoms with E-state index in [1.807, 2.05) is 4.90 Å². The van der Waals surface area contributed by atoms with E-state index in [2.05, 4.69) is 28.1 Å². The van der Waals surface area contributed by atoms with E-state index in [0.29, 0.717) is 56.2 Å². The molecule has 4 rings (SSSR count). The second kappa shape index (κ2) is 13.9. The first-order chi connectivity index (χ1) is 20.8. The summed E-state index contributed by atoms with van der Waals surface area (Å²) < 4.78 is 73.1. The highest BCUT2D eigenvalue weighted by Crippen LogP contribution is 2.38. The van der Waals surface area contributed by atoms with Crippen LogP contribution in [0.2, 0.25) is 0 Å². The fourth-order valence-electron chi connectivity index (χ4n) is 5.22. The smallest absolute Gasteiger partial charge is 0.418 e. The lowest BCUT2D eigenvalue weighted by molar-refractivity contribution is -0.138. The first-order valence-corrected chi connectivity index (χ1v) is 14.3. The number of piperazine rings is 1. The molecular weight excluding hydrogens is 609 g/mol. The lowest BCUT2D eigenvalue weighted by Crippen LogP contribution is -2.48. The second-order valence-corrected chi connectivity index (χ2v) is 10.8. The van der Waals surface area contributed by atoms with E-state index in [1.54, 1.807) is 16.7 Å². The zero-order chi connectivity index (χ0) is 32.2. The number of nitrogens with two attached hydrogens (primary N) is 1. The number of halogens is 6. The number of ether oxygens (including phenoxy) is 1. The maximum atomic E-state index is 13.7. The predicted octanol–water partition coefficient (Wildman–Crippen LogP) is 5.02. The van der Waals surface area contributed by atoms with E-state index in [4.69, 9.17) is 22.1 Å². The van der Waals surface area contributed by atoms with Crippen molar-refractivity contribution in [2.24, 2.45) is 0 Å². The average Bonchev–Trinajstić information content (AvgIpc) is 3.41. The zero-order valence-electron chi connectivity index (χ0n) is 24.1. The van der Waals surface area contributed by atoms with Crippen molar-refractivity contribution >= 4 is 40.8 Å². The van der Waals surface area contributed by atoms with Crippen LogP contribution >= 0.6 is 11.6 Å². The van der Waals surface area contributed by atoms with Crippen molar-refractivity contribution in [3.63, 3.8) is 0 Å². The number of nitrogen functional groups attached to an aromatic ring is 1. The van der Waals surface area contributed by atoms with Gasteiger partial charge in [-0.15, -0.1) is 0 Å². The molecule has 2 N–H and O–H groups in total. The number of hydrogen-bond acceptors (Lipinski definition) is 8. The van der Waals surface area contributed by atoms with Crippen molar-refractivity contribution in [2.45, 2.75) is 38.4 Å². The summed E-state index contributed by atoms with van der Waals surface area (Å²) in [6, 6.07) is 1.64. The molecule has 1 atom stereocenters. The quantitative estimate of drug-likeness (QED) is 0.219. The molecule has 4 heterocycles. The number of amides is 1. The summed E-state index contributed by atoms with van der Waals surface area (Å²) in [4.78, 5) is 30.2. The number of hydrogen-bond donors (Lipinski definition) is 1. The number of aromatic nitrogens is 3. The Morgan fingerprint density at radius 1 is 1.18 bits per heavy atom. The van der Waals surface area contributed by atoms with E-state index < -0.39 is 23.9 Å². The van der Waals surface area contributed by atoms with E-state index in [9.17, 15) is 26.7 Å². The van der Waals surface area contributed by atoms with Crippen LogP contribution in [0.3, 0.4) is 0 Å². The molecule has 2 aromatic rings. The molecule has 0 unspecified atom stereocenters. The highest BCUT2D eigenvalue weighted by atomic mass is 35.5. The Labute approximate surface area is 256 Å². The highest BCUT2D eigenvalue weighted by molar-refractivity contribution is 6.39. The number of anilines is 2. The molecule has 9 nitrogen and oxygen atoms in total. The number of nitrogens with zero attached hydrogens (tertiary/aromatic N) is 6. The molecule has 2 aliphatic rings. The molecule has 1 amide bonds. The number of pyridine rings is 1. The van der Waals surface area contributed by atoms with E-state index in [-0.39, 0.29) is 47.5 Å². The highest BCUT2D eigenvalue weighted by Gasteiger charge is 2.35. The Kier molecular flexibility index (Phi) is 10.5. The molecule has 0 bridgehead atoms. The van der Waals surface area contributed by atoms with Gasteiger partial charge in [-0.25, -0.2) is 13.8 Å². The normalized spacial score (nSPS) is 18.2. The molecule has 0 aliphatic carbocycles. The summed E-state index contributed by atoms with van der Waals surface area (Å²) in [6.07, 6.45) is -3.10. The molecule has 2 aliphatic heterocycles. The molecule has 15 heteroatoms. The van der Waals surface area contributed by atoms with Crippen LogP contribution in [0, 0.1) is 6.92 Å². The van der Waals surface area contributed by atoms with Gasteiger partial charge < -0.3 is 20.3 Å². The number of carbonyl (C=O) groups is 1. The maximum Gasteiger partial charge on any atom is 0.418 e. The summed E-state index contributed by atoms with van der Waals surface area (Å²) in [5, 5.41) is -0.149. The van der Waals surface area contributed by atoms with Gasteiger partial charge >= 0.3 is 12.2 Å². The molecule has 0 aromatic carbocycles. The molecule has 0 saturated carbocycles. The van der Waals surface area contributed by atoms with E-state index in [0.717, 1.165) is 18.6 Å². The monoisotopic (exact) mass is 641 g/mol. The summed E-state index contributed by atoms with van der Waals surface area (Å²) >= 11 is 6.56. The minimum absolute atomic E-state index is 0.00921. The van der Waals surface area contributed by atoms with Crippen LogP contribution in [0.1, 0.15) is 35.4 Å². The van der Waals surface area contributed by atoms with Crippen LogP contribution in [-0.2, 0) is 11.0 Å². The summed E-state index contributed by atoms with van der Waals surface area (Å²) in [6.45, 7) is 10.7. The first kappa shape index (κ1) is 33.1. The van der Waals surface area contributed by atoms with Crippen LogP contribution in [0.4, 0.5) is 33.6 Å². The van der Waals surface area contributed by atoms with Gasteiger partial charge in [-0.1, -0.05) is 24.8 Å². The standard InChI is InChI=1S/C29H33ClF5N7O2/c1-4-25(43)40-10-12-41(13-11-40)27-20(14-22(30)17(2)26-21(29(33,34)35)7-8-24(36)38-26)18(3)37-28(39-27)44-16-19-6-5-9-42(19)15-23(31)32/h4,7-8,14,19,23H,1-2,5-6,9-13,15-16H2,3H3,(H2,36,38)/b22-14+/t19-/m0/s1. The van der Waals surface area contributed by atoms with Gasteiger partial charge in [-0.05, 0) is 50.6 Å². The summed E-state index contributed by atoms with van der Waals surface area (Å²) in [5.41, 5.74) is 4.70. The van der Waals surface area contributed by atoms with Gasteiger partial charge in [0.2, 0.25) is 5.91 Å². The van der Waals surface area contributed by atoms with Crippen LogP contribution in [-0.4, -0.2) is 89.0 Å². The molecule has 2 saturated heterocycles. The van der Waals surface area contributed by atoms with Crippen molar-refractivity contribution in [3.8, 4) is 6.01 Å². The SMILES string of the molecule is C=CC(=O)N1CCN(c2nc(OC[C@@H]3CCCN3CC(F)F)nc(C)c2/C=C(/Cl)C(=C)c2nc(N)ccc2C(F)(F)F)CC1. The molecular formula is C29H33ClF5N7O2. The Morgan fingerprint density at radius 2 is 1.89 bits per heavy atom. The number of alkyl halides is 5. The summed E-state index contributed by atoms with van der Waals surface area (Å²) in [7, 11) is 0. The van der Waals surface area contributed by atoms with Crippen LogP contribution < -0.4 is 15.4 Å². The van der Waals surface area contributed by atoms with Gasteiger partial charge in [0, 0.05) is 43.4 Å². The number of allylic oxidation sites excluding steroid dienone is 2. The van der Waals surface area contributed by atoms with Gasteiger partial charge in [0.1, 0.15) is 18.2 Å². The molecule has 2 fully saturated rings. The maximum absolute atomic E-state index is 13.7. The molecule has 0 spiro atoms. The second-order valence-electron chi connectivity index (χ2n) is 10.4. The zero-order valence-corrected chi connectivity index (χ0v) is 24.8. The van der Waals surface area contributed by atoms with E-state index in [1.165, 1.54) is 12.2 Å². The largest absolute Gasteiger partial charge is 0.462 e. The fraction of sp³-hybridized carbons (Fsp3) is 0.448. The predicted molar refractivity (Wildman–Crippen MR) is 158 cm³/mol. The molecule has 0 radical (unpaired) electrons. The minimum atomic E-state index is -4.73. The lowest BCUT2D eigenvalue weighted by Gasteiger charge is -2.35. The molecule has 238 valence electrons. The third-order valence-electron chi connectivity index (χ3n) is 7.50. The fourth-order valence-corrected chi connectivity index (χ4v) is 5.41. The van der Waals surface area contributed by atoms with Crippen LogP contribution in [0.25, 0.3) is 11.6 Å². The number of rotatable bonds is 10. The van der Waals surface area contributed by atoms with Crippen molar-refractivity contribution in [3.05, 3.63) is 58.9 Å². The van der Waals surface area contributed by atoms with Crippen molar-refractivity contribution < 1.29 is 31.5 Å². The van der Waals surface area contributed by atoms with Gasteiger partial charge in [0.15, 0.2) is 0 Å². The Morgan fingerprint density at radius 3 is 2.52 bits per heavy atom. The Bertz CT molecular complexity index is 1430. The first-order valence-electron chi connectivity index (χ1n) is 13.9. The molecule has 2 aromatic heterocycles. The summed E-state index contributed by atoms with van der Waals surface area (Å²) in [5.74, 6) is 0.0188. The third-order valence-corrected chi connectivity index (χ3v) is 7.84. The van der Waals surface area contributed by atoms with Crippen molar-refractivity contribution in [2.75, 3.05) is 56.5 Å². The van der Waals surface area contributed by atoms with Crippen molar-refractivity contribution in [1.29, 1.82) is 0 Å². The van der Waals surface area contributed by atoms with Crippen LogP contribution in [0.15, 0.2) is 36.4 Å². The molecule has 44 heavy (non-hydrogen) atoms. The minimum Gasteiger partial charge on any atom is -0.462 e. The van der Waals surface area contributed by atoms with Gasteiger partial charge in [-0.2, -0.15) is 23.1 Å². The lowest BCUT2D eigenvalue weighted by atomic mass is 10.0. The van der Waals surface area contributed by atoms with Gasteiger partial charge in [-0.3, -0.25) is 9.69 Å². The third kappa shape index (κ3) is 7.83. The number of carbonyl (C=O) groups excluding carboxylic acids is 1. The van der Waals surface area contributed by atoms with Gasteiger partial charge in [0.25, 0.3) is 6.43 Å². The van der Waals surface area contributed by atoms with Crippen molar-refractivity contribution in [1.82, 2.24) is 24.8 Å². The topological polar surface area (TPSA) is 101 Å². The Balaban J connectivity index is 1.67. The van der Waals surface area contributed by atoms with E-state index >= 15 is 0 Å². The van der Waals surface area contributed by atoms with Crippen LogP contribution in [0.5, 0.6) is 6.01 Å². The number of aryl methyl sites for hydroxylation is 1.